The van der Waals surface area contributed by atoms with Crippen molar-refractivity contribution in [2.45, 2.75) is 89.7 Å². The molecule has 3 saturated carbocycles. The minimum atomic E-state index is -0.0304. The van der Waals surface area contributed by atoms with E-state index in [2.05, 4.69) is 17.3 Å². The molecule has 27 heavy (non-hydrogen) atoms. The van der Waals surface area contributed by atoms with Crippen molar-refractivity contribution in [2.24, 2.45) is 24.8 Å². The number of nitrogens with zero attached hydrogens (tertiary/aromatic N) is 2. The van der Waals surface area contributed by atoms with Gasteiger partial charge in [0, 0.05) is 13.1 Å². The van der Waals surface area contributed by atoms with Crippen LogP contribution in [0.4, 0.5) is 0 Å². The Hall–Kier alpha value is -1.52. The second-order valence-corrected chi connectivity index (χ2v) is 9.26. The van der Waals surface area contributed by atoms with Gasteiger partial charge in [0.1, 0.15) is 11.7 Å². The summed E-state index contributed by atoms with van der Waals surface area (Å²) in [4.78, 5) is 13.0. The molecule has 3 atom stereocenters. The smallest absolute Gasteiger partial charge is 0.258 e. The maximum atomic E-state index is 13.0. The number of carbonyl (C=O) groups is 1. The first kappa shape index (κ1) is 18.8. The third-order valence-corrected chi connectivity index (χ3v) is 7.19. The summed E-state index contributed by atoms with van der Waals surface area (Å²) < 4.78 is 7.91. The Morgan fingerprint density at radius 3 is 2.52 bits per heavy atom. The molecular weight excluding hydrogens is 338 g/mol. The monoisotopic (exact) mass is 373 g/mol. The van der Waals surface area contributed by atoms with E-state index in [1.807, 2.05) is 7.05 Å². The Balaban J connectivity index is 1.39. The second-order valence-electron chi connectivity index (χ2n) is 9.26. The fourth-order valence-electron chi connectivity index (χ4n) is 5.66. The lowest BCUT2D eigenvalue weighted by Gasteiger charge is -2.41. The first-order chi connectivity index (χ1) is 13.1. The van der Waals surface area contributed by atoms with Crippen LogP contribution in [0.3, 0.4) is 0 Å². The van der Waals surface area contributed by atoms with Crippen LogP contribution in [-0.4, -0.2) is 27.8 Å². The first-order valence-corrected chi connectivity index (χ1v) is 11.1. The minimum Gasteiger partial charge on any atom is -0.474 e. The molecule has 0 spiro atoms. The Morgan fingerprint density at radius 1 is 1.11 bits per heavy atom. The Kier molecular flexibility index (Phi) is 5.74. The van der Waals surface area contributed by atoms with Crippen molar-refractivity contribution in [2.75, 3.05) is 0 Å². The van der Waals surface area contributed by atoms with Crippen molar-refractivity contribution in [3.05, 3.63) is 11.8 Å². The van der Waals surface area contributed by atoms with E-state index in [1.165, 1.54) is 57.8 Å². The zero-order valence-electron chi connectivity index (χ0n) is 17.0. The van der Waals surface area contributed by atoms with Gasteiger partial charge in [-0.05, 0) is 69.6 Å². The maximum Gasteiger partial charge on any atom is 0.258 e. The number of aromatic nitrogens is 2. The van der Waals surface area contributed by atoms with Gasteiger partial charge in [-0.3, -0.25) is 4.79 Å². The van der Waals surface area contributed by atoms with Gasteiger partial charge in [0.25, 0.3) is 5.91 Å². The average Bonchev–Trinajstić information content (AvgIpc) is 3.03. The van der Waals surface area contributed by atoms with Crippen LogP contribution in [0.25, 0.3) is 0 Å². The van der Waals surface area contributed by atoms with Gasteiger partial charge in [-0.15, -0.1) is 0 Å². The van der Waals surface area contributed by atoms with Crippen LogP contribution in [-0.2, 0) is 7.05 Å². The number of carbonyl (C=O) groups excluding carboxylic acids is 1. The zero-order valence-corrected chi connectivity index (χ0v) is 17.0. The van der Waals surface area contributed by atoms with Crippen LogP contribution in [0.2, 0.25) is 0 Å². The van der Waals surface area contributed by atoms with Crippen molar-refractivity contribution in [3.63, 3.8) is 0 Å². The van der Waals surface area contributed by atoms with Gasteiger partial charge in [-0.1, -0.05) is 25.7 Å². The topological polar surface area (TPSA) is 56.2 Å². The summed E-state index contributed by atoms with van der Waals surface area (Å²) in [6.07, 6.45) is 15.9. The Bertz CT molecular complexity index is 638. The normalized spacial score (nSPS) is 29.9. The number of fused-ring (bicyclic) bond motifs is 2. The molecule has 2 bridgehead atoms. The number of rotatable bonds is 5. The molecule has 5 nitrogen and oxygen atoms in total. The summed E-state index contributed by atoms with van der Waals surface area (Å²) in [7, 11) is 1.86. The lowest BCUT2D eigenvalue weighted by atomic mass is 9.66. The van der Waals surface area contributed by atoms with E-state index < -0.39 is 0 Å². The molecule has 1 aromatic heterocycles. The van der Waals surface area contributed by atoms with E-state index in [-0.39, 0.29) is 18.1 Å². The summed E-state index contributed by atoms with van der Waals surface area (Å²) in [5.41, 5.74) is 0.589. The average molecular weight is 374 g/mol. The number of ether oxygens (including phenoxy) is 1. The predicted octanol–water partition coefficient (Wildman–Crippen LogP) is 4.47. The molecule has 0 saturated heterocycles. The standard InChI is InChI=1S/C22H35N3O2/c1-15(18-12-16-7-6-8-17(11-16)13-18)24-21(26)20-14-23-25(2)22(20)27-19-9-4-3-5-10-19/h14-19H,3-13H2,1-2H3,(H,24,26). The fourth-order valence-corrected chi connectivity index (χ4v) is 5.66. The summed E-state index contributed by atoms with van der Waals surface area (Å²) >= 11 is 0. The molecule has 0 radical (unpaired) electrons. The van der Waals surface area contributed by atoms with Gasteiger partial charge in [0.2, 0.25) is 5.88 Å². The molecule has 0 aliphatic heterocycles. The van der Waals surface area contributed by atoms with Gasteiger partial charge >= 0.3 is 0 Å². The van der Waals surface area contributed by atoms with Gasteiger partial charge in [0.15, 0.2) is 0 Å². The molecule has 1 heterocycles. The Morgan fingerprint density at radius 2 is 1.81 bits per heavy atom. The molecule has 0 aromatic carbocycles. The van der Waals surface area contributed by atoms with Crippen LogP contribution in [0.1, 0.15) is 87.9 Å². The lowest BCUT2D eigenvalue weighted by Crippen LogP contribution is -2.42. The third kappa shape index (κ3) is 4.33. The van der Waals surface area contributed by atoms with Gasteiger partial charge in [-0.2, -0.15) is 5.10 Å². The van der Waals surface area contributed by atoms with Gasteiger partial charge in [0.05, 0.1) is 6.20 Å². The van der Waals surface area contributed by atoms with Gasteiger partial charge < -0.3 is 10.1 Å². The van der Waals surface area contributed by atoms with E-state index >= 15 is 0 Å². The molecule has 4 rings (SSSR count). The maximum absolute atomic E-state index is 13.0. The number of amides is 1. The number of hydrogen-bond acceptors (Lipinski definition) is 3. The van der Waals surface area contributed by atoms with Crippen LogP contribution in [0, 0.1) is 17.8 Å². The number of aryl methyl sites for hydroxylation is 1. The van der Waals surface area contributed by atoms with E-state index in [1.54, 1.807) is 10.9 Å². The first-order valence-electron chi connectivity index (χ1n) is 11.1. The summed E-state index contributed by atoms with van der Waals surface area (Å²) in [5.74, 6) is 2.97. The molecule has 1 aromatic rings. The molecule has 150 valence electrons. The number of hydrogen-bond donors (Lipinski definition) is 1. The van der Waals surface area contributed by atoms with E-state index in [9.17, 15) is 4.79 Å². The molecule has 5 heteroatoms. The van der Waals surface area contributed by atoms with E-state index in [0.29, 0.717) is 17.4 Å². The van der Waals surface area contributed by atoms with Crippen LogP contribution >= 0.6 is 0 Å². The van der Waals surface area contributed by atoms with Crippen LogP contribution < -0.4 is 10.1 Å². The molecular formula is C22H35N3O2. The molecule has 3 aliphatic carbocycles. The Labute approximate surface area is 163 Å². The highest BCUT2D eigenvalue weighted by Gasteiger charge is 2.35. The van der Waals surface area contributed by atoms with Crippen molar-refractivity contribution >= 4 is 5.91 Å². The second kappa shape index (κ2) is 8.24. The van der Waals surface area contributed by atoms with E-state index in [0.717, 1.165) is 24.7 Å². The molecule has 3 unspecified atom stereocenters. The largest absolute Gasteiger partial charge is 0.474 e. The quantitative estimate of drug-likeness (QED) is 0.829. The zero-order chi connectivity index (χ0) is 18.8. The van der Waals surface area contributed by atoms with E-state index in [4.69, 9.17) is 4.74 Å². The van der Waals surface area contributed by atoms with Crippen molar-refractivity contribution in [1.29, 1.82) is 0 Å². The molecule has 1 N–H and O–H groups in total. The predicted molar refractivity (Wildman–Crippen MR) is 106 cm³/mol. The van der Waals surface area contributed by atoms with Crippen molar-refractivity contribution in [1.82, 2.24) is 15.1 Å². The van der Waals surface area contributed by atoms with Crippen molar-refractivity contribution < 1.29 is 9.53 Å². The molecule has 3 fully saturated rings. The highest BCUT2D eigenvalue weighted by atomic mass is 16.5. The third-order valence-electron chi connectivity index (χ3n) is 7.19. The molecule has 3 aliphatic rings. The SMILES string of the molecule is CC(NC(=O)c1cnn(C)c1OC1CCCCC1)C1CC2CCCC(C2)C1. The van der Waals surface area contributed by atoms with Crippen LogP contribution in [0.5, 0.6) is 5.88 Å². The highest BCUT2D eigenvalue weighted by Crippen LogP contribution is 2.43. The minimum absolute atomic E-state index is 0.0304. The highest BCUT2D eigenvalue weighted by molar-refractivity contribution is 5.96. The lowest BCUT2D eigenvalue weighted by molar-refractivity contribution is 0.0842. The molecule has 1 amide bonds. The van der Waals surface area contributed by atoms with Crippen molar-refractivity contribution in [3.8, 4) is 5.88 Å². The van der Waals surface area contributed by atoms with Crippen LogP contribution in [0.15, 0.2) is 6.20 Å². The van der Waals surface area contributed by atoms with Gasteiger partial charge in [-0.25, -0.2) is 4.68 Å². The summed E-state index contributed by atoms with van der Waals surface area (Å²) in [6, 6.07) is 0.212. The number of nitrogens with one attached hydrogen (secondary N) is 1. The summed E-state index contributed by atoms with van der Waals surface area (Å²) in [5, 5.41) is 7.57. The summed E-state index contributed by atoms with van der Waals surface area (Å²) in [6.45, 7) is 2.18. The fraction of sp³-hybridized carbons (Fsp3) is 0.818.